The summed E-state index contributed by atoms with van der Waals surface area (Å²) in [4.78, 5) is 8.48. The molecule has 1 unspecified atom stereocenters. The number of benzene rings is 2. The van der Waals surface area contributed by atoms with Crippen LogP contribution in [0.15, 0.2) is 41.3 Å². The van der Waals surface area contributed by atoms with Gasteiger partial charge in [-0.05, 0) is 43.3 Å². The van der Waals surface area contributed by atoms with Gasteiger partial charge in [0.15, 0.2) is 0 Å². The Morgan fingerprint density at radius 1 is 1.30 bits per heavy atom. The van der Waals surface area contributed by atoms with Crippen molar-refractivity contribution in [1.29, 1.82) is 5.26 Å². The van der Waals surface area contributed by atoms with Crippen molar-refractivity contribution < 1.29 is 8.95 Å². The van der Waals surface area contributed by atoms with Crippen molar-refractivity contribution >= 4 is 21.8 Å². The maximum Gasteiger partial charge on any atom is 0.142 e. The molecule has 0 spiro atoms. The van der Waals surface area contributed by atoms with E-state index in [1.54, 1.807) is 24.5 Å². The molecule has 0 aliphatic rings. The number of aromatic amines is 1. The number of rotatable bonds is 4. The second kappa shape index (κ2) is 6.23. The van der Waals surface area contributed by atoms with Gasteiger partial charge in [0, 0.05) is 22.0 Å². The van der Waals surface area contributed by atoms with Crippen LogP contribution >= 0.6 is 0 Å². The summed E-state index contributed by atoms with van der Waals surface area (Å²) < 4.78 is 17.3. The molecule has 1 N–H and O–H groups in total. The van der Waals surface area contributed by atoms with Crippen molar-refractivity contribution in [1.82, 2.24) is 9.97 Å². The molecule has 0 aliphatic carbocycles. The molecular weight excluding hydrogens is 310 g/mol. The average molecular weight is 325 g/mol. The first-order valence-electron chi connectivity index (χ1n) is 7.13. The van der Waals surface area contributed by atoms with Crippen LogP contribution in [-0.2, 0) is 10.8 Å². The van der Waals surface area contributed by atoms with Crippen LogP contribution in [0.2, 0.25) is 0 Å². The first-order chi connectivity index (χ1) is 11.1. The molecule has 3 rings (SSSR count). The summed E-state index contributed by atoms with van der Waals surface area (Å²) in [5.74, 6) is 1.30. The Bertz CT molecular complexity index is 941. The van der Waals surface area contributed by atoms with Gasteiger partial charge in [0.1, 0.15) is 11.6 Å². The minimum absolute atomic E-state index is 0.506. The normalized spacial score (nSPS) is 12.0. The fraction of sp³-hybridized carbons (Fsp3) is 0.176. The van der Waals surface area contributed by atoms with E-state index in [9.17, 15) is 4.21 Å². The number of fused-ring (bicyclic) bond motifs is 1. The summed E-state index contributed by atoms with van der Waals surface area (Å²) in [5.41, 5.74) is 2.96. The Labute approximate surface area is 136 Å². The number of aromatic nitrogens is 2. The van der Waals surface area contributed by atoms with Crippen molar-refractivity contribution in [3.63, 3.8) is 0 Å². The second-order valence-corrected chi connectivity index (χ2v) is 6.35. The lowest BCUT2D eigenvalue weighted by Crippen LogP contribution is -1.97. The van der Waals surface area contributed by atoms with Crippen LogP contribution in [0, 0.1) is 11.3 Å². The molecule has 0 saturated heterocycles. The Balaban J connectivity index is 2.13. The number of nitriles is 1. The quantitative estimate of drug-likeness (QED) is 0.798. The van der Waals surface area contributed by atoms with Crippen molar-refractivity contribution in [2.24, 2.45) is 0 Å². The molecule has 3 aromatic rings. The van der Waals surface area contributed by atoms with Gasteiger partial charge in [0.2, 0.25) is 0 Å². The van der Waals surface area contributed by atoms with E-state index in [4.69, 9.17) is 10.00 Å². The number of hydrogen-bond acceptors (Lipinski definition) is 4. The lowest BCUT2D eigenvalue weighted by molar-refractivity contribution is 0.340. The molecule has 6 heteroatoms. The minimum atomic E-state index is -1.07. The molecule has 0 bridgehead atoms. The SMILES string of the molecule is CCOc1cc(S(C)=O)ccc1-c1nc2ccc(C#N)cc2[nH]1. The highest BCUT2D eigenvalue weighted by Crippen LogP contribution is 2.31. The van der Waals surface area contributed by atoms with Crippen LogP contribution in [0.3, 0.4) is 0 Å². The molecular formula is C17H15N3O2S. The van der Waals surface area contributed by atoms with Crippen LogP contribution in [0.4, 0.5) is 0 Å². The molecule has 1 heterocycles. The van der Waals surface area contributed by atoms with Crippen molar-refractivity contribution in [3.05, 3.63) is 42.0 Å². The highest BCUT2D eigenvalue weighted by Gasteiger charge is 2.13. The zero-order valence-electron chi connectivity index (χ0n) is 12.8. The third-order valence-corrected chi connectivity index (χ3v) is 4.37. The third-order valence-electron chi connectivity index (χ3n) is 3.45. The van der Waals surface area contributed by atoms with Gasteiger partial charge in [-0.3, -0.25) is 4.21 Å². The van der Waals surface area contributed by atoms with E-state index >= 15 is 0 Å². The van der Waals surface area contributed by atoms with E-state index in [1.807, 2.05) is 25.1 Å². The van der Waals surface area contributed by atoms with Crippen molar-refractivity contribution in [2.75, 3.05) is 12.9 Å². The summed E-state index contributed by atoms with van der Waals surface area (Å²) in [7, 11) is -1.07. The van der Waals surface area contributed by atoms with Crippen molar-refractivity contribution in [2.45, 2.75) is 11.8 Å². The molecule has 2 aromatic carbocycles. The molecule has 0 aliphatic heterocycles. The molecule has 1 aromatic heterocycles. The molecule has 5 nitrogen and oxygen atoms in total. The molecule has 116 valence electrons. The standard InChI is InChI=1S/C17H15N3O2S/c1-3-22-16-9-12(23(2)21)5-6-13(16)17-19-14-7-4-11(10-18)8-15(14)20-17/h4-9H,3H2,1-2H3,(H,19,20). The van der Waals surface area contributed by atoms with Crippen LogP contribution in [0.1, 0.15) is 12.5 Å². The fourth-order valence-electron chi connectivity index (χ4n) is 2.36. The lowest BCUT2D eigenvalue weighted by atomic mass is 10.2. The summed E-state index contributed by atoms with van der Waals surface area (Å²) >= 11 is 0. The maximum atomic E-state index is 11.7. The minimum Gasteiger partial charge on any atom is -0.493 e. The highest BCUT2D eigenvalue weighted by atomic mass is 32.2. The topological polar surface area (TPSA) is 78.8 Å². The average Bonchev–Trinajstić information content (AvgIpc) is 2.97. The lowest BCUT2D eigenvalue weighted by Gasteiger charge is -2.09. The van der Waals surface area contributed by atoms with Crippen LogP contribution < -0.4 is 4.74 Å². The molecule has 1 atom stereocenters. The van der Waals surface area contributed by atoms with Gasteiger partial charge in [-0.2, -0.15) is 5.26 Å². The Hall–Kier alpha value is -2.65. The van der Waals surface area contributed by atoms with Gasteiger partial charge in [0.25, 0.3) is 0 Å². The predicted molar refractivity (Wildman–Crippen MR) is 89.7 cm³/mol. The number of nitrogens with one attached hydrogen (secondary N) is 1. The van der Waals surface area contributed by atoms with Gasteiger partial charge in [-0.25, -0.2) is 4.98 Å². The van der Waals surface area contributed by atoms with Crippen molar-refractivity contribution in [3.8, 4) is 23.2 Å². The monoisotopic (exact) mass is 325 g/mol. The number of ether oxygens (including phenoxy) is 1. The molecule has 0 amide bonds. The van der Waals surface area contributed by atoms with E-state index in [2.05, 4.69) is 16.0 Å². The smallest absolute Gasteiger partial charge is 0.142 e. The van der Waals surface area contributed by atoms with Gasteiger partial charge >= 0.3 is 0 Å². The van der Waals surface area contributed by atoms with E-state index < -0.39 is 10.8 Å². The largest absolute Gasteiger partial charge is 0.493 e. The van der Waals surface area contributed by atoms with E-state index in [1.165, 1.54) is 0 Å². The van der Waals surface area contributed by atoms with Gasteiger partial charge < -0.3 is 9.72 Å². The first kappa shape index (κ1) is 15.3. The maximum absolute atomic E-state index is 11.7. The number of nitrogens with zero attached hydrogens (tertiary/aromatic N) is 2. The highest BCUT2D eigenvalue weighted by molar-refractivity contribution is 7.84. The van der Waals surface area contributed by atoms with Crippen LogP contribution in [0.5, 0.6) is 5.75 Å². The predicted octanol–water partition coefficient (Wildman–Crippen LogP) is 3.24. The van der Waals surface area contributed by atoms with E-state index in [0.29, 0.717) is 28.6 Å². The third kappa shape index (κ3) is 2.96. The molecule has 0 saturated carbocycles. The summed E-state index contributed by atoms with van der Waals surface area (Å²) in [6.45, 7) is 2.41. The van der Waals surface area contributed by atoms with Crippen LogP contribution in [-0.4, -0.2) is 27.0 Å². The number of hydrogen-bond donors (Lipinski definition) is 1. The van der Waals surface area contributed by atoms with Crippen LogP contribution in [0.25, 0.3) is 22.4 Å². The Morgan fingerprint density at radius 3 is 2.83 bits per heavy atom. The molecule has 23 heavy (non-hydrogen) atoms. The number of H-pyrrole nitrogens is 1. The second-order valence-electron chi connectivity index (χ2n) is 4.97. The van der Waals surface area contributed by atoms with Gasteiger partial charge in [0.05, 0.1) is 34.8 Å². The zero-order chi connectivity index (χ0) is 16.4. The van der Waals surface area contributed by atoms with Gasteiger partial charge in [-0.1, -0.05) is 0 Å². The molecule has 0 radical (unpaired) electrons. The molecule has 0 fully saturated rings. The van der Waals surface area contributed by atoms with Gasteiger partial charge in [-0.15, -0.1) is 0 Å². The number of imidazole rings is 1. The summed E-state index contributed by atoms with van der Waals surface area (Å²) in [5, 5.41) is 8.98. The fourth-order valence-corrected chi connectivity index (χ4v) is 2.89. The van der Waals surface area contributed by atoms with E-state index in [0.717, 1.165) is 16.6 Å². The Morgan fingerprint density at radius 2 is 2.13 bits per heavy atom. The van der Waals surface area contributed by atoms with E-state index in [-0.39, 0.29) is 0 Å². The summed E-state index contributed by atoms with van der Waals surface area (Å²) in [6.07, 6.45) is 1.63. The summed E-state index contributed by atoms with van der Waals surface area (Å²) in [6, 6.07) is 12.9. The Kier molecular flexibility index (Phi) is 4.13. The first-order valence-corrected chi connectivity index (χ1v) is 8.68. The zero-order valence-corrected chi connectivity index (χ0v) is 13.6.